The number of aryl methyl sites for hydroxylation is 1. The third kappa shape index (κ3) is 3.94. The summed E-state index contributed by atoms with van der Waals surface area (Å²) < 4.78 is 0. The molecular weight excluding hydrogens is 236 g/mol. The van der Waals surface area contributed by atoms with Crippen LogP contribution in [-0.4, -0.2) is 36.0 Å². The molecule has 1 aromatic heterocycles. The minimum absolute atomic E-state index is 0.737. The number of piperidine rings is 1. The summed E-state index contributed by atoms with van der Waals surface area (Å²) in [6.07, 6.45) is 2.51. The summed E-state index contributed by atoms with van der Waals surface area (Å²) in [5.74, 6) is 1.84. The highest BCUT2D eigenvalue weighted by atomic mass is 15.3. The zero-order valence-corrected chi connectivity index (χ0v) is 12.2. The molecule has 4 nitrogen and oxygen atoms in total. The second-order valence-electron chi connectivity index (χ2n) is 5.34. The van der Waals surface area contributed by atoms with Crippen LogP contribution < -0.4 is 5.32 Å². The van der Waals surface area contributed by atoms with E-state index in [-0.39, 0.29) is 0 Å². The van der Waals surface area contributed by atoms with Crippen LogP contribution in [0.15, 0.2) is 23.2 Å². The van der Waals surface area contributed by atoms with Crippen LogP contribution in [0, 0.1) is 12.8 Å². The zero-order chi connectivity index (χ0) is 13.7. The molecule has 1 fully saturated rings. The van der Waals surface area contributed by atoms with Crippen molar-refractivity contribution in [2.45, 2.75) is 33.2 Å². The normalized spacial score (nSPS) is 17.6. The molecule has 2 heterocycles. The van der Waals surface area contributed by atoms with Gasteiger partial charge in [-0.3, -0.25) is 9.98 Å². The highest BCUT2D eigenvalue weighted by Crippen LogP contribution is 2.15. The van der Waals surface area contributed by atoms with Gasteiger partial charge in [0.15, 0.2) is 5.96 Å². The smallest absolute Gasteiger partial charge is 0.193 e. The van der Waals surface area contributed by atoms with E-state index in [9.17, 15) is 0 Å². The van der Waals surface area contributed by atoms with E-state index in [4.69, 9.17) is 0 Å². The van der Waals surface area contributed by atoms with E-state index in [0.29, 0.717) is 0 Å². The topological polar surface area (TPSA) is 40.5 Å². The van der Waals surface area contributed by atoms with Gasteiger partial charge in [0, 0.05) is 25.8 Å². The summed E-state index contributed by atoms with van der Waals surface area (Å²) in [6, 6.07) is 6.11. The monoisotopic (exact) mass is 260 g/mol. The molecule has 0 aliphatic carbocycles. The summed E-state index contributed by atoms with van der Waals surface area (Å²) in [5, 5.41) is 3.41. The van der Waals surface area contributed by atoms with Gasteiger partial charge in [-0.05, 0) is 37.8 Å². The van der Waals surface area contributed by atoms with Gasteiger partial charge in [0.25, 0.3) is 0 Å². The second-order valence-corrected chi connectivity index (χ2v) is 5.34. The minimum Gasteiger partial charge on any atom is -0.351 e. The van der Waals surface area contributed by atoms with Gasteiger partial charge in [-0.15, -0.1) is 0 Å². The van der Waals surface area contributed by atoms with Gasteiger partial charge in [0.2, 0.25) is 0 Å². The third-order valence-corrected chi connectivity index (χ3v) is 3.67. The van der Waals surface area contributed by atoms with Crippen LogP contribution in [0.3, 0.4) is 0 Å². The molecule has 0 bridgehead atoms. The lowest BCUT2D eigenvalue weighted by molar-refractivity contribution is 0.273. The summed E-state index contributed by atoms with van der Waals surface area (Å²) in [4.78, 5) is 11.2. The molecule has 1 N–H and O–H groups in total. The van der Waals surface area contributed by atoms with E-state index in [0.717, 1.165) is 42.9 Å². The van der Waals surface area contributed by atoms with Crippen molar-refractivity contribution >= 4 is 5.96 Å². The average molecular weight is 260 g/mol. The molecule has 1 saturated heterocycles. The van der Waals surface area contributed by atoms with Crippen molar-refractivity contribution in [2.75, 3.05) is 20.1 Å². The predicted molar refractivity (Wildman–Crippen MR) is 79.1 cm³/mol. The number of aliphatic imine (C=N–C) groups is 1. The lowest BCUT2D eigenvalue weighted by Gasteiger charge is -2.32. The van der Waals surface area contributed by atoms with E-state index in [1.165, 1.54) is 12.8 Å². The van der Waals surface area contributed by atoms with Crippen molar-refractivity contribution in [3.63, 3.8) is 0 Å². The number of hydrogen-bond donors (Lipinski definition) is 1. The molecular formula is C15H24N4. The van der Waals surface area contributed by atoms with Crippen LogP contribution >= 0.6 is 0 Å². The van der Waals surface area contributed by atoms with Crippen LogP contribution in [0.4, 0.5) is 0 Å². The minimum atomic E-state index is 0.737. The van der Waals surface area contributed by atoms with Crippen molar-refractivity contribution in [3.05, 3.63) is 29.6 Å². The molecule has 0 unspecified atom stereocenters. The lowest BCUT2D eigenvalue weighted by Crippen LogP contribution is -2.45. The van der Waals surface area contributed by atoms with Crippen molar-refractivity contribution in [1.29, 1.82) is 0 Å². The molecule has 1 aliphatic heterocycles. The Labute approximate surface area is 115 Å². The van der Waals surface area contributed by atoms with E-state index in [1.807, 2.05) is 32.2 Å². The van der Waals surface area contributed by atoms with E-state index in [2.05, 4.69) is 27.1 Å². The fourth-order valence-corrected chi connectivity index (χ4v) is 2.42. The molecule has 104 valence electrons. The highest BCUT2D eigenvalue weighted by molar-refractivity contribution is 5.79. The number of hydrogen-bond acceptors (Lipinski definition) is 2. The van der Waals surface area contributed by atoms with Crippen LogP contribution in [0.2, 0.25) is 0 Å². The first-order valence-electron chi connectivity index (χ1n) is 7.07. The molecule has 19 heavy (non-hydrogen) atoms. The summed E-state index contributed by atoms with van der Waals surface area (Å²) in [7, 11) is 1.85. The van der Waals surface area contributed by atoms with Gasteiger partial charge in [-0.1, -0.05) is 13.0 Å². The first-order chi connectivity index (χ1) is 9.19. The Morgan fingerprint density at radius 3 is 2.79 bits per heavy atom. The van der Waals surface area contributed by atoms with E-state index >= 15 is 0 Å². The van der Waals surface area contributed by atoms with Crippen LogP contribution in [-0.2, 0) is 6.54 Å². The Kier molecular flexibility index (Phi) is 4.77. The number of pyridine rings is 1. The van der Waals surface area contributed by atoms with Crippen LogP contribution in [0.5, 0.6) is 0 Å². The highest BCUT2D eigenvalue weighted by Gasteiger charge is 2.18. The SMILES string of the molecule is CN=C(NCc1cccc(C)n1)N1CCC(C)CC1. The van der Waals surface area contributed by atoms with E-state index in [1.54, 1.807) is 0 Å². The second kappa shape index (κ2) is 6.55. The molecule has 4 heteroatoms. The molecule has 0 atom stereocenters. The molecule has 1 aliphatic rings. The largest absolute Gasteiger partial charge is 0.351 e. The van der Waals surface area contributed by atoms with Gasteiger partial charge in [-0.2, -0.15) is 0 Å². The van der Waals surface area contributed by atoms with Crippen LogP contribution in [0.1, 0.15) is 31.2 Å². The molecule has 0 amide bonds. The lowest BCUT2D eigenvalue weighted by atomic mass is 10.00. The molecule has 2 rings (SSSR count). The maximum absolute atomic E-state index is 4.50. The molecule has 1 aromatic rings. The van der Waals surface area contributed by atoms with Crippen LogP contribution in [0.25, 0.3) is 0 Å². The third-order valence-electron chi connectivity index (χ3n) is 3.67. The number of nitrogens with one attached hydrogen (secondary N) is 1. The molecule has 0 spiro atoms. The predicted octanol–water partition coefficient (Wildman–Crippen LogP) is 2.20. The number of rotatable bonds is 2. The summed E-state index contributed by atoms with van der Waals surface area (Å²) in [6.45, 7) is 7.28. The Morgan fingerprint density at radius 2 is 2.16 bits per heavy atom. The van der Waals surface area contributed by atoms with Gasteiger partial charge in [0.05, 0.1) is 12.2 Å². The summed E-state index contributed by atoms with van der Waals surface area (Å²) in [5.41, 5.74) is 2.12. The summed E-state index contributed by atoms with van der Waals surface area (Å²) >= 11 is 0. The first-order valence-corrected chi connectivity index (χ1v) is 7.07. The van der Waals surface area contributed by atoms with Gasteiger partial charge in [0.1, 0.15) is 0 Å². The van der Waals surface area contributed by atoms with Gasteiger partial charge >= 0.3 is 0 Å². The molecule has 0 saturated carbocycles. The average Bonchev–Trinajstić information content (AvgIpc) is 2.41. The van der Waals surface area contributed by atoms with Crippen molar-refractivity contribution in [3.8, 4) is 0 Å². The van der Waals surface area contributed by atoms with E-state index < -0.39 is 0 Å². The van der Waals surface area contributed by atoms with Crippen molar-refractivity contribution in [2.24, 2.45) is 10.9 Å². The maximum atomic E-state index is 4.50. The number of likely N-dealkylation sites (tertiary alicyclic amines) is 1. The standard InChI is InChI=1S/C15H24N4/c1-12-7-9-19(10-8-12)15(16-3)17-11-14-6-4-5-13(2)18-14/h4-6,12H,7-11H2,1-3H3,(H,16,17). The van der Waals surface area contributed by atoms with Gasteiger partial charge < -0.3 is 10.2 Å². The zero-order valence-electron chi connectivity index (χ0n) is 12.2. The maximum Gasteiger partial charge on any atom is 0.193 e. The fourth-order valence-electron chi connectivity index (χ4n) is 2.42. The quantitative estimate of drug-likeness (QED) is 0.654. The molecule has 0 aromatic carbocycles. The Balaban J connectivity index is 1.89. The fraction of sp³-hybridized carbons (Fsp3) is 0.600. The molecule has 0 radical (unpaired) electrons. The number of aromatic nitrogens is 1. The van der Waals surface area contributed by atoms with Crippen molar-refractivity contribution < 1.29 is 0 Å². The van der Waals surface area contributed by atoms with Crippen molar-refractivity contribution in [1.82, 2.24) is 15.2 Å². The van der Waals surface area contributed by atoms with Gasteiger partial charge in [-0.25, -0.2) is 0 Å². The number of nitrogens with zero attached hydrogens (tertiary/aromatic N) is 3. The Bertz CT molecular complexity index is 434. The first kappa shape index (κ1) is 13.8. The Hall–Kier alpha value is -1.58. The Morgan fingerprint density at radius 1 is 1.42 bits per heavy atom. The number of guanidine groups is 1.